The standard InChI is InChI=1S/C20H29N7O/c1-14-5-4-7-27(11-14)20-23-17-13-26(8-6-16(17)18(28)24-20)12-15-9-21-19(22-10-15)25(2)3/h9-10,14H,4-8,11-13H2,1-3H3,(H,23,24,28)/t14-/m0/s1. The Balaban J connectivity index is 1.50. The number of hydrogen-bond donors (Lipinski definition) is 1. The lowest BCUT2D eigenvalue weighted by molar-refractivity contribution is 0.240. The highest BCUT2D eigenvalue weighted by atomic mass is 16.1. The number of nitrogens with one attached hydrogen (secondary N) is 1. The summed E-state index contributed by atoms with van der Waals surface area (Å²) in [5, 5.41) is 0. The fourth-order valence-electron chi connectivity index (χ4n) is 4.07. The molecule has 8 heteroatoms. The molecular weight excluding hydrogens is 354 g/mol. The predicted molar refractivity (Wildman–Crippen MR) is 110 cm³/mol. The fraction of sp³-hybridized carbons (Fsp3) is 0.600. The Bertz CT molecular complexity index is 877. The Morgan fingerprint density at radius 1 is 1.25 bits per heavy atom. The van der Waals surface area contributed by atoms with Gasteiger partial charge in [-0.15, -0.1) is 0 Å². The first-order valence-corrected chi connectivity index (χ1v) is 10.1. The molecule has 28 heavy (non-hydrogen) atoms. The van der Waals surface area contributed by atoms with E-state index in [4.69, 9.17) is 4.98 Å². The van der Waals surface area contributed by atoms with E-state index in [-0.39, 0.29) is 5.56 Å². The Labute approximate surface area is 165 Å². The van der Waals surface area contributed by atoms with Gasteiger partial charge in [0.05, 0.1) is 5.69 Å². The first-order valence-electron chi connectivity index (χ1n) is 10.1. The van der Waals surface area contributed by atoms with Crippen molar-refractivity contribution in [2.75, 3.05) is 43.5 Å². The summed E-state index contributed by atoms with van der Waals surface area (Å²) in [4.78, 5) is 35.7. The molecule has 0 aromatic carbocycles. The average Bonchev–Trinajstić information content (AvgIpc) is 2.68. The maximum absolute atomic E-state index is 12.6. The first kappa shape index (κ1) is 18.9. The number of fused-ring (bicyclic) bond motifs is 1. The van der Waals surface area contributed by atoms with E-state index in [1.54, 1.807) is 0 Å². The van der Waals surface area contributed by atoms with Gasteiger partial charge in [0.1, 0.15) is 0 Å². The SMILES string of the molecule is C[C@H]1CCCN(c2nc3c(c(=O)[nH]2)CCN(Cc2cnc(N(C)C)nc2)C3)C1. The summed E-state index contributed by atoms with van der Waals surface area (Å²) in [6.45, 7) is 6.47. The molecule has 0 unspecified atom stereocenters. The van der Waals surface area contributed by atoms with Gasteiger partial charge in [0.15, 0.2) is 0 Å². The van der Waals surface area contributed by atoms with Crippen LogP contribution in [0.3, 0.4) is 0 Å². The van der Waals surface area contributed by atoms with Gasteiger partial charge < -0.3 is 9.80 Å². The first-order chi connectivity index (χ1) is 13.5. The van der Waals surface area contributed by atoms with Crippen LogP contribution in [0.15, 0.2) is 17.2 Å². The van der Waals surface area contributed by atoms with Gasteiger partial charge in [-0.25, -0.2) is 15.0 Å². The second kappa shape index (κ2) is 7.87. The molecule has 2 aromatic heterocycles. The summed E-state index contributed by atoms with van der Waals surface area (Å²) in [5.74, 6) is 2.08. The highest BCUT2D eigenvalue weighted by molar-refractivity contribution is 5.35. The van der Waals surface area contributed by atoms with Crippen LogP contribution < -0.4 is 15.4 Å². The van der Waals surface area contributed by atoms with Crippen LogP contribution in [-0.2, 0) is 19.5 Å². The zero-order chi connectivity index (χ0) is 19.7. The predicted octanol–water partition coefficient (Wildman–Crippen LogP) is 1.42. The van der Waals surface area contributed by atoms with Gasteiger partial charge >= 0.3 is 0 Å². The number of hydrogen-bond acceptors (Lipinski definition) is 7. The molecule has 2 aliphatic heterocycles. The van der Waals surface area contributed by atoms with E-state index in [1.807, 2.05) is 31.4 Å². The normalized spacial score (nSPS) is 20.1. The number of rotatable bonds is 4. The molecule has 8 nitrogen and oxygen atoms in total. The average molecular weight is 384 g/mol. The van der Waals surface area contributed by atoms with Crippen molar-refractivity contribution in [3.8, 4) is 0 Å². The van der Waals surface area contributed by atoms with Crippen LogP contribution in [-0.4, -0.2) is 58.6 Å². The lowest BCUT2D eigenvalue weighted by Crippen LogP contribution is -2.39. The molecule has 2 aliphatic rings. The molecule has 1 atom stereocenters. The van der Waals surface area contributed by atoms with E-state index in [9.17, 15) is 4.79 Å². The summed E-state index contributed by atoms with van der Waals surface area (Å²) in [7, 11) is 3.86. The fourth-order valence-corrected chi connectivity index (χ4v) is 4.07. The summed E-state index contributed by atoms with van der Waals surface area (Å²) < 4.78 is 0. The third kappa shape index (κ3) is 4.01. The van der Waals surface area contributed by atoms with Crippen molar-refractivity contribution in [2.45, 2.75) is 39.3 Å². The Kier molecular flexibility index (Phi) is 5.30. The van der Waals surface area contributed by atoms with E-state index < -0.39 is 0 Å². The number of anilines is 2. The largest absolute Gasteiger partial charge is 0.347 e. The van der Waals surface area contributed by atoms with Crippen molar-refractivity contribution < 1.29 is 0 Å². The van der Waals surface area contributed by atoms with E-state index >= 15 is 0 Å². The molecule has 0 radical (unpaired) electrons. The molecule has 4 heterocycles. The zero-order valence-electron chi connectivity index (χ0n) is 17.0. The quantitative estimate of drug-likeness (QED) is 0.855. The highest BCUT2D eigenvalue weighted by Crippen LogP contribution is 2.22. The number of nitrogens with zero attached hydrogens (tertiary/aromatic N) is 6. The molecule has 0 saturated carbocycles. The summed E-state index contributed by atoms with van der Waals surface area (Å²) >= 11 is 0. The third-order valence-corrected chi connectivity index (χ3v) is 5.59. The van der Waals surface area contributed by atoms with Crippen molar-refractivity contribution in [1.29, 1.82) is 0 Å². The minimum absolute atomic E-state index is 0.0246. The maximum atomic E-state index is 12.6. The number of piperidine rings is 1. The van der Waals surface area contributed by atoms with Gasteiger partial charge in [0.2, 0.25) is 11.9 Å². The van der Waals surface area contributed by atoms with Gasteiger partial charge in [0.25, 0.3) is 5.56 Å². The van der Waals surface area contributed by atoms with E-state index in [0.717, 1.165) is 61.8 Å². The second-order valence-corrected chi connectivity index (χ2v) is 8.25. The van der Waals surface area contributed by atoms with Gasteiger partial charge in [-0.2, -0.15) is 0 Å². The molecule has 150 valence electrons. The lowest BCUT2D eigenvalue weighted by atomic mass is 10.0. The summed E-state index contributed by atoms with van der Waals surface area (Å²) in [6, 6.07) is 0. The number of aromatic amines is 1. The van der Waals surface area contributed by atoms with Gasteiger partial charge in [-0.05, 0) is 25.2 Å². The van der Waals surface area contributed by atoms with Crippen molar-refractivity contribution >= 4 is 11.9 Å². The van der Waals surface area contributed by atoms with Crippen LogP contribution in [0.4, 0.5) is 11.9 Å². The molecule has 2 aromatic rings. The molecule has 0 amide bonds. The molecule has 1 N–H and O–H groups in total. The van der Waals surface area contributed by atoms with Crippen LogP contribution in [0.5, 0.6) is 0 Å². The van der Waals surface area contributed by atoms with Crippen LogP contribution in [0.1, 0.15) is 36.6 Å². The molecule has 0 bridgehead atoms. The number of aromatic nitrogens is 4. The van der Waals surface area contributed by atoms with E-state index in [0.29, 0.717) is 18.4 Å². The van der Waals surface area contributed by atoms with E-state index in [1.165, 1.54) is 6.42 Å². The van der Waals surface area contributed by atoms with Gasteiger partial charge in [-0.1, -0.05) is 6.92 Å². The Hall–Kier alpha value is -2.48. The van der Waals surface area contributed by atoms with Crippen molar-refractivity contribution in [2.24, 2.45) is 5.92 Å². The van der Waals surface area contributed by atoms with Crippen molar-refractivity contribution in [3.05, 3.63) is 39.6 Å². The van der Waals surface area contributed by atoms with Crippen LogP contribution in [0.25, 0.3) is 0 Å². The van der Waals surface area contributed by atoms with Crippen LogP contribution in [0, 0.1) is 5.92 Å². The molecule has 0 aliphatic carbocycles. The molecule has 4 rings (SSSR count). The smallest absolute Gasteiger partial charge is 0.255 e. The van der Waals surface area contributed by atoms with Crippen LogP contribution >= 0.6 is 0 Å². The molecule has 0 spiro atoms. The topological polar surface area (TPSA) is 81.2 Å². The van der Waals surface area contributed by atoms with Gasteiger partial charge in [0, 0.05) is 70.3 Å². The summed E-state index contributed by atoms with van der Waals surface area (Å²) in [5.41, 5.74) is 2.85. The Morgan fingerprint density at radius 3 is 2.75 bits per heavy atom. The van der Waals surface area contributed by atoms with Crippen LogP contribution in [0.2, 0.25) is 0 Å². The van der Waals surface area contributed by atoms with Gasteiger partial charge in [-0.3, -0.25) is 14.7 Å². The second-order valence-electron chi connectivity index (χ2n) is 8.25. The van der Waals surface area contributed by atoms with Crippen molar-refractivity contribution in [3.63, 3.8) is 0 Å². The highest BCUT2D eigenvalue weighted by Gasteiger charge is 2.24. The van der Waals surface area contributed by atoms with E-state index in [2.05, 4.69) is 31.7 Å². The Morgan fingerprint density at radius 2 is 2.04 bits per heavy atom. The molecular formula is C20H29N7O. The van der Waals surface area contributed by atoms with Crippen molar-refractivity contribution in [1.82, 2.24) is 24.8 Å². The minimum atomic E-state index is 0.0246. The number of H-pyrrole nitrogens is 1. The molecule has 1 fully saturated rings. The maximum Gasteiger partial charge on any atom is 0.255 e. The minimum Gasteiger partial charge on any atom is -0.347 e. The third-order valence-electron chi connectivity index (χ3n) is 5.59. The summed E-state index contributed by atoms with van der Waals surface area (Å²) in [6.07, 6.45) is 6.88. The molecule has 1 saturated heterocycles. The monoisotopic (exact) mass is 383 g/mol. The zero-order valence-corrected chi connectivity index (χ0v) is 17.0. The lowest BCUT2D eigenvalue weighted by Gasteiger charge is -2.33.